The van der Waals surface area contributed by atoms with Crippen molar-refractivity contribution in [1.82, 2.24) is 14.6 Å². The van der Waals surface area contributed by atoms with Gasteiger partial charge in [-0.05, 0) is 65.4 Å². The van der Waals surface area contributed by atoms with Gasteiger partial charge < -0.3 is 15.8 Å². The number of pyridine rings is 1. The highest BCUT2D eigenvalue weighted by Crippen LogP contribution is 2.31. The first-order valence-electron chi connectivity index (χ1n) is 14.8. The third-order valence-corrected chi connectivity index (χ3v) is 10.5. The van der Waals surface area contributed by atoms with E-state index in [-0.39, 0.29) is 29.6 Å². The fraction of sp³-hybridized carbons (Fsp3) is 0.294. The van der Waals surface area contributed by atoms with E-state index in [1.54, 1.807) is 66.9 Å². The number of ether oxygens (including phenoxy) is 1. The highest BCUT2D eigenvalue weighted by atomic mass is 35.5. The number of methoxy groups -OCH3 is 1. The van der Waals surface area contributed by atoms with Crippen LogP contribution in [0.1, 0.15) is 34.6 Å². The monoisotopic (exact) mass is 650 g/mol. The smallest absolute Gasteiger partial charge is 0.243 e. The van der Waals surface area contributed by atoms with Gasteiger partial charge in [0.2, 0.25) is 15.9 Å². The molecule has 0 radical (unpaired) electrons. The minimum atomic E-state index is -3.73. The second kappa shape index (κ2) is 14.6. The summed E-state index contributed by atoms with van der Waals surface area (Å²) in [5.41, 5.74) is 9.09. The summed E-state index contributed by atoms with van der Waals surface area (Å²) in [5, 5.41) is 3.82. The second-order valence-corrected chi connectivity index (χ2v) is 13.4. The largest absolute Gasteiger partial charge is 0.481 e. The van der Waals surface area contributed by atoms with Gasteiger partial charge in [-0.1, -0.05) is 60.1 Å². The summed E-state index contributed by atoms with van der Waals surface area (Å²) in [6.45, 7) is 1.28. The summed E-state index contributed by atoms with van der Waals surface area (Å²) in [6, 6.07) is 22.3. The van der Waals surface area contributed by atoms with E-state index < -0.39 is 27.8 Å². The van der Waals surface area contributed by atoms with Gasteiger partial charge in [-0.15, -0.1) is 0 Å². The van der Waals surface area contributed by atoms with E-state index in [0.717, 1.165) is 11.1 Å². The Kier molecular flexibility index (Phi) is 10.6. The van der Waals surface area contributed by atoms with Crippen LogP contribution >= 0.6 is 11.6 Å². The third kappa shape index (κ3) is 7.59. The molecule has 2 heterocycles. The number of sulfonamides is 1. The number of hydrogen-bond donors (Lipinski definition) is 2. The number of carbonyl (C=O) groups is 1. The molecule has 11 heteroatoms. The summed E-state index contributed by atoms with van der Waals surface area (Å²) >= 11 is 6.13. The minimum absolute atomic E-state index is 0.0864. The molecule has 0 saturated carbocycles. The molecule has 4 aromatic rings. The topological polar surface area (TPSA) is 115 Å². The molecule has 1 saturated heterocycles. The fourth-order valence-electron chi connectivity index (χ4n) is 5.86. The van der Waals surface area contributed by atoms with E-state index in [0.29, 0.717) is 48.1 Å². The van der Waals surface area contributed by atoms with Crippen LogP contribution in [0, 0.1) is 5.82 Å². The molecule has 1 aliphatic heterocycles. The van der Waals surface area contributed by atoms with Crippen LogP contribution in [0.15, 0.2) is 96.0 Å². The van der Waals surface area contributed by atoms with Crippen LogP contribution in [0.25, 0.3) is 0 Å². The molecular weight excluding hydrogens is 615 g/mol. The molecule has 5 rings (SSSR count). The van der Waals surface area contributed by atoms with Gasteiger partial charge in [0.05, 0.1) is 18.0 Å². The maximum atomic E-state index is 15.3. The first-order chi connectivity index (χ1) is 21.7. The van der Waals surface area contributed by atoms with Gasteiger partial charge in [-0.2, -0.15) is 4.31 Å². The molecule has 1 aromatic heterocycles. The summed E-state index contributed by atoms with van der Waals surface area (Å²) < 4.78 is 48.9. The van der Waals surface area contributed by atoms with Gasteiger partial charge in [0, 0.05) is 55.3 Å². The van der Waals surface area contributed by atoms with E-state index in [1.165, 1.54) is 17.5 Å². The Morgan fingerprint density at radius 1 is 1.07 bits per heavy atom. The molecule has 0 unspecified atom stereocenters. The lowest BCUT2D eigenvalue weighted by Crippen LogP contribution is -2.53. The number of ketones is 1. The van der Waals surface area contributed by atoms with Gasteiger partial charge in [0.15, 0.2) is 5.78 Å². The number of rotatable bonds is 12. The Morgan fingerprint density at radius 3 is 2.49 bits per heavy atom. The Bertz CT molecular complexity index is 1710. The molecule has 45 heavy (non-hydrogen) atoms. The molecule has 1 aliphatic rings. The van der Waals surface area contributed by atoms with Crippen LogP contribution in [0.3, 0.4) is 0 Å². The highest BCUT2D eigenvalue weighted by Gasteiger charge is 2.34. The third-order valence-electron chi connectivity index (χ3n) is 8.24. The van der Waals surface area contributed by atoms with Crippen LogP contribution in [0.5, 0.6) is 5.88 Å². The number of nitrogens with two attached hydrogens (primary N) is 1. The van der Waals surface area contributed by atoms with Crippen LogP contribution in [0.4, 0.5) is 4.39 Å². The number of piperazine rings is 1. The Hall–Kier alpha value is -3.67. The Labute approximate surface area is 268 Å². The van der Waals surface area contributed by atoms with E-state index >= 15 is 4.39 Å². The summed E-state index contributed by atoms with van der Waals surface area (Å²) in [5.74, 6) is -0.814. The van der Waals surface area contributed by atoms with Crippen LogP contribution in [0.2, 0.25) is 5.02 Å². The molecule has 0 aliphatic carbocycles. The van der Waals surface area contributed by atoms with Crippen molar-refractivity contribution in [3.05, 3.63) is 124 Å². The normalized spacial score (nSPS) is 17.0. The number of aromatic nitrogens is 1. The Balaban J connectivity index is 1.36. The first kappa shape index (κ1) is 32.7. The predicted octanol–water partition coefficient (Wildman–Crippen LogP) is 4.75. The van der Waals surface area contributed by atoms with Crippen molar-refractivity contribution in [2.75, 3.05) is 26.7 Å². The SMILES string of the molecule is COc1ccc([C@H](c2ccc(Cl)cc2)[C@H](N)C(=O)Cc2cccc(F)c2CC[C@H]2CNCCN2S(=O)(=O)c2ccccc2)cn1. The van der Waals surface area contributed by atoms with Crippen molar-refractivity contribution < 1.29 is 22.3 Å². The molecule has 1 fully saturated rings. The van der Waals surface area contributed by atoms with Gasteiger partial charge in [-0.3, -0.25) is 4.79 Å². The van der Waals surface area contributed by atoms with Gasteiger partial charge in [0.1, 0.15) is 5.82 Å². The van der Waals surface area contributed by atoms with E-state index in [9.17, 15) is 13.2 Å². The number of benzene rings is 3. The number of carbonyl (C=O) groups excluding carboxylic acids is 1. The van der Waals surface area contributed by atoms with E-state index in [2.05, 4.69) is 10.3 Å². The molecule has 0 spiro atoms. The van der Waals surface area contributed by atoms with Crippen molar-refractivity contribution in [3.63, 3.8) is 0 Å². The van der Waals surface area contributed by atoms with Gasteiger partial charge >= 0.3 is 0 Å². The van der Waals surface area contributed by atoms with Crippen molar-refractivity contribution in [2.24, 2.45) is 5.73 Å². The lowest BCUT2D eigenvalue weighted by Gasteiger charge is -2.35. The fourth-order valence-corrected chi connectivity index (χ4v) is 7.66. The number of nitrogens with zero attached hydrogens (tertiary/aromatic N) is 2. The van der Waals surface area contributed by atoms with E-state index in [1.807, 2.05) is 18.2 Å². The molecule has 0 bridgehead atoms. The summed E-state index contributed by atoms with van der Waals surface area (Å²) in [4.78, 5) is 18.3. The molecule has 0 amide bonds. The minimum Gasteiger partial charge on any atom is -0.481 e. The highest BCUT2D eigenvalue weighted by molar-refractivity contribution is 7.89. The number of halogens is 2. The van der Waals surface area contributed by atoms with Crippen molar-refractivity contribution >= 4 is 27.4 Å². The molecular formula is C34H36ClFN4O4S. The van der Waals surface area contributed by atoms with Crippen LogP contribution in [-0.2, 0) is 27.7 Å². The van der Waals surface area contributed by atoms with Crippen molar-refractivity contribution in [3.8, 4) is 5.88 Å². The van der Waals surface area contributed by atoms with E-state index in [4.69, 9.17) is 22.1 Å². The summed E-state index contributed by atoms with van der Waals surface area (Å²) in [6.07, 6.45) is 2.17. The Morgan fingerprint density at radius 2 is 1.80 bits per heavy atom. The zero-order valence-corrected chi connectivity index (χ0v) is 26.5. The molecule has 8 nitrogen and oxygen atoms in total. The lowest BCUT2D eigenvalue weighted by molar-refractivity contribution is -0.119. The first-order valence-corrected chi connectivity index (χ1v) is 16.6. The molecule has 236 valence electrons. The predicted molar refractivity (Wildman–Crippen MR) is 172 cm³/mol. The maximum absolute atomic E-state index is 15.3. The van der Waals surface area contributed by atoms with Crippen molar-refractivity contribution in [2.45, 2.75) is 42.2 Å². The lowest BCUT2D eigenvalue weighted by atomic mass is 9.82. The molecule has 3 atom stereocenters. The molecule has 3 aromatic carbocycles. The van der Waals surface area contributed by atoms with Crippen LogP contribution in [-0.4, -0.2) is 62.3 Å². The van der Waals surface area contributed by atoms with Gasteiger partial charge in [-0.25, -0.2) is 17.8 Å². The van der Waals surface area contributed by atoms with Gasteiger partial charge in [0.25, 0.3) is 0 Å². The number of nitrogens with one attached hydrogen (secondary N) is 1. The summed E-state index contributed by atoms with van der Waals surface area (Å²) in [7, 11) is -2.21. The zero-order valence-electron chi connectivity index (χ0n) is 24.9. The number of hydrogen-bond acceptors (Lipinski definition) is 7. The van der Waals surface area contributed by atoms with Crippen molar-refractivity contribution in [1.29, 1.82) is 0 Å². The second-order valence-electron chi connectivity index (χ2n) is 11.0. The molecule has 3 N–H and O–H groups in total. The average Bonchev–Trinajstić information content (AvgIpc) is 3.06. The zero-order chi connectivity index (χ0) is 32.0. The average molecular weight is 651 g/mol. The number of Topliss-reactive ketones (excluding diaryl/α,β-unsaturated/α-hetero) is 1. The van der Waals surface area contributed by atoms with Crippen LogP contribution < -0.4 is 15.8 Å². The quantitative estimate of drug-likeness (QED) is 0.228. The maximum Gasteiger partial charge on any atom is 0.243 e. The standard InChI is InChI=1S/C34H36ClFN4O4S/c1-44-32-17-12-25(21-39-32)33(23-10-13-26(35)14-11-23)34(37)31(41)20-24-6-5-9-30(36)29(24)16-15-27-22-38-18-19-40(27)45(42,43)28-7-3-2-4-8-28/h2-14,17,21,27,33-34,38H,15-16,18-20,22,37H2,1H3/t27-,33-,34+/m0/s1.